The second-order valence-electron chi connectivity index (χ2n) is 9.49. The lowest BCUT2D eigenvalue weighted by molar-refractivity contribution is -0.383. The number of non-ortho nitro benzene ring substituents is 1. The largest absolute Gasteiger partial charge is 0.293 e. The maximum Gasteiger partial charge on any atom is 0.277 e. The summed E-state index contributed by atoms with van der Waals surface area (Å²) in [7, 11) is 0. The molecule has 0 N–H and O–H groups in total. The summed E-state index contributed by atoms with van der Waals surface area (Å²) in [6.07, 6.45) is 3.99. The van der Waals surface area contributed by atoms with Gasteiger partial charge in [0.1, 0.15) is 11.1 Å². The summed E-state index contributed by atoms with van der Waals surface area (Å²) in [5, 5.41) is 22.7. The van der Waals surface area contributed by atoms with Crippen LogP contribution in [0.15, 0.2) is 47.5 Å². The van der Waals surface area contributed by atoms with Gasteiger partial charge in [-0.1, -0.05) is 63.2 Å². The minimum atomic E-state index is -0.437. The van der Waals surface area contributed by atoms with Crippen LogP contribution in [0.25, 0.3) is 10.8 Å². The molecule has 1 aromatic heterocycles. The van der Waals surface area contributed by atoms with Gasteiger partial charge in [-0.3, -0.25) is 14.9 Å². The number of aryl methyl sites for hydroxylation is 1. The molecule has 0 aliphatic heterocycles. The number of fused-ring (bicyclic) bond motifs is 2. The van der Waals surface area contributed by atoms with E-state index >= 15 is 0 Å². The number of carbonyl (C=O) groups excluding carboxylic acids is 1. The van der Waals surface area contributed by atoms with E-state index in [1.807, 2.05) is 6.07 Å². The number of thioether (sulfide) groups is 1. The molecule has 3 aromatic rings. The maximum atomic E-state index is 13.1. The van der Waals surface area contributed by atoms with Crippen LogP contribution in [0.2, 0.25) is 0 Å². The number of nitrogens with zero attached hydrogens (tertiary/aromatic N) is 3. The molecule has 1 heterocycles. The van der Waals surface area contributed by atoms with Gasteiger partial charge in [-0.05, 0) is 53.7 Å². The molecule has 1 unspecified atom stereocenters. The van der Waals surface area contributed by atoms with E-state index in [-0.39, 0.29) is 22.6 Å². The first-order valence-electron chi connectivity index (χ1n) is 11.5. The molecule has 0 saturated carbocycles. The fourth-order valence-corrected chi connectivity index (χ4v) is 5.56. The summed E-state index contributed by atoms with van der Waals surface area (Å²) in [6, 6.07) is 14.0. The number of ketones is 1. The quantitative estimate of drug-likeness (QED) is 0.167. The molecule has 174 valence electrons. The zero-order chi connectivity index (χ0) is 24.5. The number of benzene rings is 2. The van der Waals surface area contributed by atoms with Crippen molar-refractivity contribution in [2.45, 2.75) is 51.5 Å². The molecular weight excluding hydrogens is 446 g/mol. The lowest BCUT2D eigenvalue weighted by atomic mass is 9.69. The molecule has 0 fully saturated rings. The Hall–Kier alpha value is -3.24. The number of Topliss-reactive ketones (excluding diaryl/α,β-unsaturated/α-hetero) is 1. The SMILES string of the molecule is CCC(C)(C)C1CCc2nc(SCC(=O)c3cccc4c([N+](=O)[O-])cccc34)c(C#N)cc2C1. The average Bonchev–Trinajstić information content (AvgIpc) is 2.85. The minimum Gasteiger partial charge on any atom is -0.293 e. The zero-order valence-electron chi connectivity index (χ0n) is 19.6. The molecule has 4 rings (SSSR count). The van der Waals surface area contributed by atoms with Crippen molar-refractivity contribution in [3.05, 3.63) is 75.0 Å². The highest BCUT2D eigenvalue weighted by molar-refractivity contribution is 8.00. The number of nitriles is 1. The number of carbonyl (C=O) groups is 1. The lowest BCUT2D eigenvalue weighted by Crippen LogP contribution is -2.29. The molecule has 0 radical (unpaired) electrons. The predicted octanol–water partition coefficient (Wildman–Crippen LogP) is 6.53. The van der Waals surface area contributed by atoms with Crippen molar-refractivity contribution in [2.24, 2.45) is 11.3 Å². The van der Waals surface area contributed by atoms with Crippen LogP contribution in [-0.2, 0) is 12.8 Å². The third-order valence-electron chi connectivity index (χ3n) is 7.23. The van der Waals surface area contributed by atoms with E-state index in [1.165, 1.54) is 17.8 Å². The van der Waals surface area contributed by atoms with E-state index in [9.17, 15) is 20.2 Å². The number of nitro benzene ring substituents is 1. The fraction of sp³-hybridized carbons (Fsp3) is 0.370. The third-order valence-corrected chi connectivity index (χ3v) is 8.22. The van der Waals surface area contributed by atoms with Crippen molar-refractivity contribution in [1.29, 1.82) is 5.26 Å². The number of hydrogen-bond donors (Lipinski definition) is 0. The minimum absolute atomic E-state index is 0.0209. The van der Waals surface area contributed by atoms with Gasteiger partial charge in [0, 0.05) is 17.3 Å². The standard InChI is InChI=1S/C27H27N3O3S/c1-4-27(2,3)19-11-12-23-17(14-19)13-18(15-28)26(29-23)34-16-25(31)22-9-5-8-21-20(22)7-6-10-24(21)30(32)33/h5-10,13,19H,4,11-12,14,16H2,1-3H3. The van der Waals surface area contributed by atoms with Gasteiger partial charge in [0.2, 0.25) is 0 Å². The Bertz CT molecular complexity index is 1330. The smallest absolute Gasteiger partial charge is 0.277 e. The average molecular weight is 474 g/mol. The summed E-state index contributed by atoms with van der Waals surface area (Å²) >= 11 is 1.26. The van der Waals surface area contributed by atoms with Crippen LogP contribution >= 0.6 is 11.8 Å². The molecule has 0 amide bonds. The summed E-state index contributed by atoms with van der Waals surface area (Å²) in [5.74, 6) is 0.520. The van der Waals surface area contributed by atoms with Crippen LogP contribution in [0.1, 0.15) is 60.8 Å². The van der Waals surface area contributed by atoms with Gasteiger partial charge < -0.3 is 0 Å². The first-order valence-corrected chi connectivity index (χ1v) is 12.5. The summed E-state index contributed by atoms with van der Waals surface area (Å²) in [4.78, 5) is 28.8. The molecule has 1 aliphatic rings. The Morgan fingerprint density at radius 3 is 2.71 bits per heavy atom. The molecule has 6 nitrogen and oxygen atoms in total. The molecule has 0 spiro atoms. The van der Waals surface area contributed by atoms with Crippen molar-refractivity contribution in [2.75, 3.05) is 5.75 Å². The van der Waals surface area contributed by atoms with E-state index in [2.05, 4.69) is 26.8 Å². The third kappa shape index (κ3) is 4.55. The van der Waals surface area contributed by atoms with Gasteiger partial charge in [-0.2, -0.15) is 5.26 Å². The van der Waals surface area contributed by atoms with Gasteiger partial charge in [0.25, 0.3) is 5.69 Å². The normalized spacial score (nSPS) is 15.5. The molecule has 2 aromatic carbocycles. The van der Waals surface area contributed by atoms with E-state index < -0.39 is 4.92 Å². The van der Waals surface area contributed by atoms with Crippen molar-refractivity contribution in [3.63, 3.8) is 0 Å². The number of aromatic nitrogens is 1. The number of hydrogen-bond acceptors (Lipinski definition) is 6. The molecule has 7 heteroatoms. The number of rotatable bonds is 7. The summed E-state index contributed by atoms with van der Waals surface area (Å²) < 4.78 is 0. The van der Waals surface area contributed by atoms with Crippen LogP contribution in [0.5, 0.6) is 0 Å². The Labute approximate surface area is 203 Å². The molecule has 34 heavy (non-hydrogen) atoms. The van der Waals surface area contributed by atoms with E-state index in [1.54, 1.807) is 30.3 Å². The molecule has 0 saturated heterocycles. The van der Waals surface area contributed by atoms with Crippen LogP contribution in [0.4, 0.5) is 5.69 Å². The fourth-order valence-electron chi connectivity index (χ4n) is 4.70. The topological polar surface area (TPSA) is 96.9 Å². The van der Waals surface area contributed by atoms with Gasteiger partial charge in [-0.15, -0.1) is 0 Å². The second-order valence-corrected chi connectivity index (χ2v) is 10.5. The van der Waals surface area contributed by atoms with Crippen molar-refractivity contribution in [3.8, 4) is 6.07 Å². The number of pyridine rings is 1. The van der Waals surface area contributed by atoms with Gasteiger partial charge in [0.15, 0.2) is 5.78 Å². The highest BCUT2D eigenvalue weighted by atomic mass is 32.2. The Balaban J connectivity index is 1.57. The summed E-state index contributed by atoms with van der Waals surface area (Å²) in [6.45, 7) is 6.83. The predicted molar refractivity (Wildman–Crippen MR) is 134 cm³/mol. The Morgan fingerprint density at radius 2 is 2.00 bits per heavy atom. The Morgan fingerprint density at radius 1 is 1.26 bits per heavy atom. The van der Waals surface area contributed by atoms with E-state index in [0.717, 1.165) is 36.9 Å². The maximum absolute atomic E-state index is 13.1. The zero-order valence-corrected chi connectivity index (χ0v) is 20.4. The van der Waals surface area contributed by atoms with Crippen molar-refractivity contribution < 1.29 is 9.72 Å². The van der Waals surface area contributed by atoms with Crippen LogP contribution in [-0.4, -0.2) is 21.4 Å². The van der Waals surface area contributed by atoms with Crippen LogP contribution < -0.4 is 0 Å². The molecule has 1 aliphatic carbocycles. The van der Waals surface area contributed by atoms with Gasteiger partial charge in [-0.25, -0.2) is 4.98 Å². The molecule has 1 atom stereocenters. The molecular formula is C27H27N3O3S. The highest BCUT2D eigenvalue weighted by Crippen LogP contribution is 2.40. The van der Waals surface area contributed by atoms with Crippen LogP contribution in [0, 0.1) is 32.8 Å². The first-order chi connectivity index (χ1) is 16.2. The number of nitro groups is 1. The first kappa shape index (κ1) is 23.9. The monoisotopic (exact) mass is 473 g/mol. The van der Waals surface area contributed by atoms with E-state index in [0.29, 0.717) is 32.8 Å². The lowest BCUT2D eigenvalue weighted by Gasteiger charge is -2.37. The van der Waals surface area contributed by atoms with Gasteiger partial charge in [0.05, 0.1) is 21.6 Å². The molecule has 0 bridgehead atoms. The van der Waals surface area contributed by atoms with Crippen molar-refractivity contribution >= 4 is 34.0 Å². The summed E-state index contributed by atoms with van der Waals surface area (Å²) in [5.41, 5.74) is 3.34. The van der Waals surface area contributed by atoms with Gasteiger partial charge >= 0.3 is 0 Å². The van der Waals surface area contributed by atoms with Crippen molar-refractivity contribution in [1.82, 2.24) is 4.98 Å². The highest BCUT2D eigenvalue weighted by Gasteiger charge is 2.32. The second kappa shape index (κ2) is 9.55. The Kier molecular flexibility index (Phi) is 6.72. The van der Waals surface area contributed by atoms with E-state index in [4.69, 9.17) is 4.98 Å². The van der Waals surface area contributed by atoms with Crippen LogP contribution in [0.3, 0.4) is 0 Å².